The van der Waals surface area contributed by atoms with E-state index in [0.717, 1.165) is 36.9 Å². The van der Waals surface area contributed by atoms with E-state index in [0.29, 0.717) is 6.54 Å². The van der Waals surface area contributed by atoms with E-state index in [1.165, 1.54) is 45.3 Å². The zero-order valence-electron chi connectivity index (χ0n) is 16.8. The predicted molar refractivity (Wildman–Crippen MR) is 111 cm³/mol. The van der Waals surface area contributed by atoms with Crippen LogP contribution >= 0.6 is 0 Å². The fourth-order valence-corrected chi connectivity index (χ4v) is 3.33. The van der Waals surface area contributed by atoms with Gasteiger partial charge in [0.25, 0.3) is 0 Å². The number of hydrogen-bond donors (Lipinski definition) is 2. The molecule has 2 rings (SSSR count). The van der Waals surface area contributed by atoms with Gasteiger partial charge in [-0.3, -0.25) is 0 Å². The molecule has 1 fully saturated rings. The van der Waals surface area contributed by atoms with Gasteiger partial charge in [-0.15, -0.1) is 0 Å². The molecule has 1 aromatic heterocycles. The summed E-state index contributed by atoms with van der Waals surface area (Å²) in [5, 5.41) is 6.81. The van der Waals surface area contributed by atoms with Crippen LogP contribution in [0.3, 0.4) is 0 Å². The number of aromatic nitrogens is 1. The van der Waals surface area contributed by atoms with Crippen molar-refractivity contribution in [3.05, 3.63) is 23.9 Å². The number of nitrogens with one attached hydrogen (secondary N) is 2. The maximum absolute atomic E-state index is 4.74. The largest absolute Gasteiger partial charge is 0.362 e. The Morgan fingerprint density at radius 1 is 1.19 bits per heavy atom. The van der Waals surface area contributed by atoms with Crippen LogP contribution in [-0.2, 0) is 6.54 Å². The molecule has 0 aliphatic carbocycles. The maximum Gasteiger partial charge on any atom is 0.191 e. The van der Waals surface area contributed by atoms with E-state index in [1.54, 1.807) is 0 Å². The molecule has 0 aromatic carbocycles. The Bertz CT molecular complexity index is 535. The van der Waals surface area contributed by atoms with E-state index in [2.05, 4.69) is 33.5 Å². The summed E-state index contributed by atoms with van der Waals surface area (Å²) >= 11 is 0. The molecule has 1 saturated heterocycles. The highest BCUT2D eigenvalue weighted by molar-refractivity contribution is 5.79. The van der Waals surface area contributed by atoms with Gasteiger partial charge in [0.1, 0.15) is 5.82 Å². The van der Waals surface area contributed by atoms with Gasteiger partial charge in [0.15, 0.2) is 5.96 Å². The summed E-state index contributed by atoms with van der Waals surface area (Å²) in [6.07, 6.45) is 8.49. The zero-order chi connectivity index (χ0) is 18.6. The van der Waals surface area contributed by atoms with Gasteiger partial charge in [-0.05, 0) is 51.9 Å². The average molecular weight is 361 g/mol. The van der Waals surface area contributed by atoms with E-state index >= 15 is 0 Å². The molecule has 0 unspecified atom stereocenters. The van der Waals surface area contributed by atoms with Crippen LogP contribution in [0.15, 0.2) is 23.3 Å². The van der Waals surface area contributed by atoms with Gasteiger partial charge in [-0.25, -0.2) is 9.98 Å². The van der Waals surface area contributed by atoms with Gasteiger partial charge < -0.3 is 20.4 Å². The molecule has 6 heteroatoms. The number of anilines is 1. The van der Waals surface area contributed by atoms with Crippen molar-refractivity contribution < 1.29 is 0 Å². The van der Waals surface area contributed by atoms with Gasteiger partial charge in [0.05, 0.1) is 6.54 Å². The summed E-state index contributed by atoms with van der Waals surface area (Å²) in [4.78, 5) is 13.8. The van der Waals surface area contributed by atoms with Gasteiger partial charge in [0, 0.05) is 38.9 Å². The average Bonchev–Trinajstić information content (AvgIpc) is 2.92. The molecule has 146 valence electrons. The third kappa shape index (κ3) is 7.20. The van der Waals surface area contributed by atoms with Crippen molar-refractivity contribution >= 4 is 11.8 Å². The van der Waals surface area contributed by atoms with Crippen LogP contribution in [0.4, 0.5) is 5.82 Å². The highest BCUT2D eigenvalue weighted by Gasteiger charge is 2.08. The quantitative estimate of drug-likeness (QED) is 0.424. The molecule has 0 spiro atoms. The number of hydrogen-bond acceptors (Lipinski definition) is 4. The summed E-state index contributed by atoms with van der Waals surface area (Å²) in [7, 11) is 4.03. The van der Waals surface area contributed by atoms with Crippen molar-refractivity contribution in [2.24, 2.45) is 4.99 Å². The second kappa shape index (κ2) is 11.7. The maximum atomic E-state index is 4.74. The van der Waals surface area contributed by atoms with Crippen LogP contribution in [0, 0.1) is 0 Å². The summed E-state index contributed by atoms with van der Waals surface area (Å²) in [6, 6.07) is 4.06. The minimum atomic E-state index is 0.628. The first kappa shape index (κ1) is 20.5. The first-order chi connectivity index (χ1) is 12.7. The molecule has 6 nitrogen and oxygen atoms in total. The predicted octanol–water partition coefficient (Wildman–Crippen LogP) is 2.47. The Morgan fingerprint density at radius 3 is 2.65 bits per heavy atom. The Balaban J connectivity index is 1.81. The Hall–Kier alpha value is -1.82. The van der Waals surface area contributed by atoms with Gasteiger partial charge in [-0.1, -0.05) is 18.9 Å². The normalized spacial score (nSPS) is 16.2. The van der Waals surface area contributed by atoms with Crippen molar-refractivity contribution in [2.45, 2.75) is 45.6 Å². The molecule has 1 aliphatic rings. The lowest BCUT2D eigenvalue weighted by Crippen LogP contribution is -2.39. The fourth-order valence-electron chi connectivity index (χ4n) is 3.33. The second-order valence-electron chi connectivity index (χ2n) is 7.11. The Morgan fingerprint density at radius 2 is 1.96 bits per heavy atom. The lowest BCUT2D eigenvalue weighted by atomic mass is 10.2. The van der Waals surface area contributed by atoms with E-state index < -0.39 is 0 Å². The first-order valence-electron chi connectivity index (χ1n) is 10.1. The molecule has 1 aliphatic heterocycles. The summed E-state index contributed by atoms with van der Waals surface area (Å²) < 4.78 is 0. The fraction of sp³-hybridized carbons (Fsp3) is 0.700. The highest BCUT2D eigenvalue weighted by atomic mass is 15.2. The molecule has 0 atom stereocenters. The van der Waals surface area contributed by atoms with Gasteiger partial charge in [-0.2, -0.15) is 0 Å². The zero-order valence-corrected chi connectivity index (χ0v) is 16.8. The monoisotopic (exact) mass is 360 g/mol. The van der Waals surface area contributed by atoms with Gasteiger partial charge >= 0.3 is 0 Å². The highest BCUT2D eigenvalue weighted by Crippen LogP contribution is 2.15. The van der Waals surface area contributed by atoms with Crippen LogP contribution in [0.25, 0.3) is 0 Å². The molecule has 26 heavy (non-hydrogen) atoms. The third-order valence-electron chi connectivity index (χ3n) is 4.69. The van der Waals surface area contributed by atoms with Crippen LogP contribution < -0.4 is 15.5 Å². The number of rotatable bonds is 8. The SMILES string of the molecule is CCNC(=NCc1cccnc1N(C)C)NCCCN1CCCCCC1. The lowest BCUT2D eigenvalue weighted by molar-refractivity contribution is 0.282. The molecule has 2 heterocycles. The Kier molecular flexibility index (Phi) is 9.24. The van der Waals surface area contributed by atoms with Crippen molar-refractivity contribution in [1.29, 1.82) is 0 Å². The van der Waals surface area contributed by atoms with Crippen LogP contribution in [0.5, 0.6) is 0 Å². The number of likely N-dealkylation sites (tertiary alicyclic amines) is 1. The second-order valence-corrected chi connectivity index (χ2v) is 7.11. The van der Waals surface area contributed by atoms with Crippen molar-refractivity contribution in [2.75, 3.05) is 51.7 Å². The number of pyridine rings is 1. The van der Waals surface area contributed by atoms with E-state index in [4.69, 9.17) is 4.99 Å². The van der Waals surface area contributed by atoms with E-state index in [1.807, 2.05) is 31.3 Å². The molecular weight excluding hydrogens is 324 g/mol. The Labute approximate surface area is 159 Å². The van der Waals surface area contributed by atoms with Crippen LogP contribution in [0.2, 0.25) is 0 Å². The minimum Gasteiger partial charge on any atom is -0.362 e. The molecule has 0 bridgehead atoms. The first-order valence-corrected chi connectivity index (χ1v) is 10.1. The van der Waals surface area contributed by atoms with E-state index in [-0.39, 0.29) is 0 Å². The number of aliphatic imine (C=N–C) groups is 1. The smallest absolute Gasteiger partial charge is 0.191 e. The topological polar surface area (TPSA) is 55.8 Å². The van der Waals surface area contributed by atoms with E-state index in [9.17, 15) is 0 Å². The van der Waals surface area contributed by atoms with Crippen LogP contribution in [-0.4, -0.2) is 62.7 Å². The minimum absolute atomic E-state index is 0.628. The van der Waals surface area contributed by atoms with Crippen molar-refractivity contribution in [3.63, 3.8) is 0 Å². The molecule has 0 saturated carbocycles. The third-order valence-corrected chi connectivity index (χ3v) is 4.69. The number of guanidine groups is 1. The molecule has 1 aromatic rings. The molecular formula is C20H36N6. The standard InChI is InChI=1S/C20H36N6/c1-4-21-20(23-13-10-16-26-14-7-5-6-8-15-26)24-17-18-11-9-12-22-19(18)25(2)3/h9,11-12H,4-8,10,13-17H2,1-3H3,(H2,21,23,24). The summed E-state index contributed by atoms with van der Waals surface area (Å²) in [6.45, 7) is 8.26. The lowest BCUT2D eigenvalue weighted by Gasteiger charge is -2.20. The summed E-state index contributed by atoms with van der Waals surface area (Å²) in [5.74, 6) is 1.87. The van der Waals surface area contributed by atoms with Crippen molar-refractivity contribution in [3.8, 4) is 0 Å². The molecule has 2 N–H and O–H groups in total. The number of nitrogens with zero attached hydrogens (tertiary/aromatic N) is 4. The van der Waals surface area contributed by atoms with Gasteiger partial charge in [0.2, 0.25) is 0 Å². The molecule has 0 amide bonds. The molecule has 0 radical (unpaired) electrons. The van der Waals surface area contributed by atoms with Crippen LogP contribution in [0.1, 0.15) is 44.6 Å². The summed E-state index contributed by atoms with van der Waals surface area (Å²) in [5.41, 5.74) is 1.14. The van der Waals surface area contributed by atoms with Crippen molar-refractivity contribution in [1.82, 2.24) is 20.5 Å².